The summed E-state index contributed by atoms with van der Waals surface area (Å²) in [7, 11) is 0. The van der Waals surface area contributed by atoms with Crippen molar-refractivity contribution in [2.24, 2.45) is 23.7 Å². The van der Waals surface area contributed by atoms with Gasteiger partial charge in [-0.05, 0) is 30.1 Å². The zero-order valence-electron chi connectivity index (χ0n) is 10.6. The lowest BCUT2D eigenvalue weighted by Gasteiger charge is -2.49. The maximum absolute atomic E-state index is 2.46. The number of rotatable bonds is 6. The summed E-state index contributed by atoms with van der Waals surface area (Å²) in [5, 5.41) is 0. The molecular formula is C14H28. The summed E-state index contributed by atoms with van der Waals surface area (Å²) in [6.07, 6.45) is 8.66. The van der Waals surface area contributed by atoms with Crippen molar-refractivity contribution in [1.82, 2.24) is 0 Å². The van der Waals surface area contributed by atoms with Crippen LogP contribution in [0.2, 0.25) is 0 Å². The van der Waals surface area contributed by atoms with E-state index in [0.29, 0.717) is 0 Å². The van der Waals surface area contributed by atoms with Crippen LogP contribution in [0, 0.1) is 23.7 Å². The summed E-state index contributed by atoms with van der Waals surface area (Å²) >= 11 is 0. The molecule has 0 nitrogen and oxygen atoms in total. The maximum Gasteiger partial charge on any atom is -0.0355 e. The number of hydrogen-bond donors (Lipinski definition) is 0. The Bertz CT molecular complexity index is 150. The molecule has 0 aromatic heterocycles. The third-order valence-electron chi connectivity index (χ3n) is 4.59. The lowest BCUT2D eigenvalue weighted by atomic mass is 9.56. The topological polar surface area (TPSA) is 0 Å². The average Bonchev–Trinajstić information content (AvgIpc) is 2.21. The van der Waals surface area contributed by atoms with Crippen LogP contribution in [0.15, 0.2) is 0 Å². The molecule has 1 rings (SSSR count). The predicted octanol–water partition coefficient (Wildman–Crippen LogP) is 4.89. The van der Waals surface area contributed by atoms with E-state index in [-0.39, 0.29) is 0 Å². The Labute approximate surface area is 90.5 Å². The molecule has 0 N–H and O–H groups in total. The second kappa shape index (κ2) is 5.78. The Balaban J connectivity index is 2.17. The lowest BCUT2D eigenvalue weighted by molar-refractivity contribution is -0.00775. The van der Waals surface area contributed by atoms with Gasteiger partial charge >= 0.3 is 0 Å². The Kier molecular flexibility index (Phi) is 4.98. The van der Waals surface area contributed by atoms with Gasteiger partial charge in [-0.3, -0.25) is 0 Å². The van der Waals surface area contributed by atoms with Crippen LogP contribution in [0.5, 0.6) is 0 Å². The smallest absolute Gasteiger partial charge is 0.0355 e. The van der Waals surface area contributed by atoms with E-state index >= 15 is 0 Å². The van der Waals surface area contributed by atoms with Crippen molar-refractivity contribution in [3.63, 3.8) is 0 Å². The fourth-order valence-corrected chi connectivity index (χ4v) is 3.37. The molecule has 1 fully saturated rings. The Morgan fingerprint density at radius 2 is 1.43 bits per heavy atom. The minimum Gasteiger partial charge on any atom is -0.0654 e. The van der Waals surface area contributed by atoms with Gasteiger partial charge in [0.1, 0.15) is 0 Å². The predicted molar refractivity (Wildman–Crippen MR) is 64.4 cm³/mol. The lowest BCUT2D eigenvalue weighted by Crippen LogP contribution is -2.43. The second-order valence-electron chi connectivity index (χ2n) is 5.30. The second-order valence-corrected chi connectivity index (χ2v) is 5.30. The first kappa shape index (κ1) is 12.1. The van der Waals surface area contributed by atoms with Crippen LogP contribution >= 0.6 is 0 Å². The molecule has 0 spiro atoms. The van der Waals surface area contributed by atoms with Gasteiger partial charge in [-0.15, -0.1) is 0 Å². The summed E-state index contributed by atoms with van der Waals surface area (Å²) in [5.74, 6) is 4.11. The highest BCUT2D eigenvalue weighted by molar-refractivity contribution is 4.91. The monoisotopic (exact) mass is 196 g/mol. The molecule has 0 bridgehead atoms. The van der Waals surface area contributed by atoms with Gasteiger partial charge in [0.05, 0.1) is 0 Å². The van der Waals surface area contributed by atoms with Gasteiger partial charge in [0.25, 0.3) is 0 Å². The van der Waals surface area contributed by atoms with Crippen LogP contribution in [-0.2, 0) is 0 Å². The molecule has 0 saturated heterocycles. The number of unbranched alkanes of at least 4 members (excludes halogenated alkanes) is 3. The summed E-state index contributed by atoms with van der Waals surface area (Å²) in [4.78, 5) is 0. The minimum atomic E-state index is 0.996. The van der Waals surface area contributed by atoms with E-state index in [1.54, 1.807) is 0 Å². The summed E-state index contributed by atoms with van der Waals surface area (Å²) in [6.45, 7) is 9.57. The highest BCUT2D eigenvalue weighted by Gasteiger charge is 2.42. The van der Waals surface area contributed by atoms with E-state index in [4.69, 9.17) is 0 Å². The fraction of sp³-hybridized carbons (Fsp3) is 1.00. The standard InChI is InChI=1S/C14H28/c1-5-7-8-9-10-14-12(4)11(3)13(14)6-2/h11-14H,5-10H2,1-4H3. The van der Waals surface area contributed by atoms with Crippen LogP contribution in [0.1, 0.15) is 66.2 Å². The summed E-state index contributed by atoms with van der Waals surface area (Å²) in [6, 6.07) is 0. The van der Waals surface area contributed by atoms with E-state index in [1.165, 1.54) is 38.5 Å². The van der Waals surface area contributed by atoms with E-state index in [2.05, 4.69) is 27.7 Å². The first-order valence-electron chi connectivity index (χ1n) is 6.72. The highest BCUT2D eigenvalue weighted by Crippen LogP contribution is 2.49. The van der Waals surface area contributed by atoms with Crippen LogP contribution in [0.25, 0.3) is 0 Å². The molecule has 1 saturated carbocycles. The zero-order chi connectivity index (χ0) is 10.6. The molecule has 0 radical (unpaired) electrons. The van der Waals surface area contributed by atoms with Crippen molar-refractivity contribution in [2.45, 2.75) is 66.2 Å². The largest absolute Gasteiger partial charge is 0.0654 e. The van der Waals surface area contributed by atoms with Crippen LogP contribution < -0.4 is 0 Å². The van der Waals surface area contributed by atoms with Gasteiger partial charge in [0, 0.05) is 0 Å². The summed E-state index contributed by atoms with van der Waals surface area (Å²) < 4.78 is 0. The summed E-state index contributed by atoms with van der Waals surface area (Å²) in [5.41, 5.74) is 0. The molecule has 84 valence electrons. The van der Waals surface area contributed by atoms with Crippen LogP contribution in [-0.4, -0.2) is 0 Å². The third-order valence-corrected chi connectivity index (χ3v) is 4.59. The van der Waals surface area contributed by atoms with Gasteiger partial charge in [0.2, 0.25) is 0 Å². The molecule has 0 heteroatoms. The van der Waals surface area contributed by atoms with Crippen molar-refractivity contribution in [2.75, 3.05) is 0 Å². The van der Waals surface area contributed by atoms with E-state index in [1.807, 2.05) is 0 Å². The average molecular weight is 196 g/mol. The van der Waals surface area contributed by atoms with Gasteiger partial charge < -0.3 is 0 Å². The zero-order valence-corrected chi connectivity index (χ0v) is 10.6. The SMILES string of the molecule is CCCCCCC1C(C)C(C)C1CC. The van der Waals surface area contributed by atoms with Crippen molar-refractivity contribution in [3.8, 4) is 0 Å². The number of hydrogen-bond acceptors (Lipinski definition) is 0. The molecule has 4 atom stereocenters. The fourth-order valence-electron chi connectivity index (χ4n) is 3.37. The van der Waals surface area contributed by atoms with Crippen LogP contribution in [0.3, 0.4) is 0 Å². The molecule has 0 aliphatic heterocycles. The van der Waals surface area contributed by atoms with Crippen molar-refractivity contribution < 1.29 is 0 Å². The van der Waals surface area contributed by atoms with E-state index in [0.717, 1.165) is 23.7 Å². The van der Waals surface area contributed by atoms with Crippen molar-refractivity contribution >= 4 is 0 Å². The molecule has 0 heterocycles. The molecule has 0 amide bonds. The molecular weight excluding hydrogens is 168 g/mol. The van der Waals surface area contributed by atoms with Gasteiger partial charge in [0.15, 0.2) is 0 Å². The molecule has 1 aliphatic rings. The van der Waals surface area contributed by atoms with Crippen molar-refractivity contribution in [3.05, 3.63) is 0 Å². The van der Waals surface area contributed by atoms with Gasteiger partial charge in [-0.1, -0.05) is 59.8 Å². The molecule has 4 unspecified atom stereocenters. The van der Waals surface area contributed by atoms with Gasteiger partial charge in [-0.2, -0.15) is 0 Å². The Morgan fingerprint density at radius 1 is 0.786 bits per heavy atom. The van der Waals surface area contributed by atoms with Gasteiger partial charge in [-0.25, -0.2) is 0 Å². The minimum absolute atomic E-state index is 0.996. The first-order valence-corrected chi connectivity index (χ1v) is 6.72. The van der Waals surface area contributed by atoms with Crippen LogP contribution in [0.4, 0.5) is 0 Å². The maximum atomic E-state index is 2.46. The molecule has 14 heavy (non-hydrogen) atoms. The Morgan fingerprint density at radius 3 is 2.00 bits per heavy atom. The molecule has 1 aliphatic carbocycles. The quantitative estimate of drug-likeness (QED) is 0.531. The van der Waals surface area contributed by atoms with E-state index < -0.39 is 0 Å². The third kappa shape index (κ3) is 2.52. The Hall–Kier alpha value is 0. The highest BCUT2D eigenvalue weighted by atomic mass is 14.5. The molecule has 0 aromatic rings. The molecule has 0 aromatic carbocycles. The first-order chi connectivity index (χ1) is 6.72. The van der Waals surface area contributed by atoms with Crippen molar-refractivity contribution in [1.29, 1.82) is 0 Å². The normalized spacial score (nSPS) is 36.9. The van der Waals surface area contributed by atoms with E-state index in [9.17, 15) is 0 Å².